The van der Waals surface area contributed by atoms with Gasteiger partial charge in [-0.15, -0.1) is 0 Å². The van der Waals surface area contributed by atoms with Crippen molar-refractivity contribution >= 4 is 46.6 Å². The average molecular weight is 474 g/mol. The Morgan fingerprint density at radius 1 is 0.941 bits per heavy atom. The second-order valence-corrected chi connectivity index (χ2v) is 8.07. The van der Waals surface area contributed by atoms with Crippen molar-refractivity contribution in [3.05, 3.63) is 83.9 Å². The van der Waals surface area contributed by atoms with Crippen LogP contribution in [0.15, 0.2) is 78.4 Å². The van der Waals surface area contributed by atoms with Crippen LogP contribution in [0.3, 0.4) is 0 Å². The van der Waals surface area contributed by atoms with Crippen LogP contribution in [0.2, 0.25) is 0 Å². The van der Waals surface area contributed by atoms with Crippen LogP contribution in [-0.2, 0) is 9.59 Å². The molecule has 1 N–H and O–H groups in total. The van der Waals surface area contributed by atoms with Crippen molar-refractivity contribution in [2.45, 2.75) is 0 Å². The third kappa shape index (κ3) is 4.77. The summed E-state index contributed by atoms with van der Waals surface area (Å²) in [4.78, 5) is 29.2. The van der Waals surface area contributed by atoms with Crippen molar-refractivity contribution in [3.63, 3.8) is 0 Å². The van der Waals surface area contributed by atoms with Crippen LogP contribution in [0, 0.1) is 0 Å². The number of nitrogens with zero attached hydrogens (tertiary/aromatic N) is 2. The number of nitrogens with one attached hydrogen (secondary N) is 1. The standard InChI is InChI=1S/C26H23N3O4S/c1-28(2)19-10-9-17(23(16-19)32-3)15-22-24(30)27-26(34)29(25(22)31)18-11-13-21(14-12-18)33-20-7-5-4-6-8-20/h4-16H,1-3H3,(H,27,30,34)/b22-15+. The topological polar surface area (TPSA) is 71.1 Å². The molecule has 0 radical (unpaired) electrons. The van der Waals surface area contributed by atoms with Crippen molar-refractivity contribution in [3.8, 4) is 17.2 Å². The molecule has 7 nitrogen and oxygen atoms in total. The molecular weight excluding hydrogens is 450 g/mol. The third-order valence-corrected chi connectivity index (χ3v) is 5.49. The second kappa shape index (κ2) is 9.76. The molecule has 0 saturated carbocycles. The van der Waals surface area contributed by atoms with Crippen LogP contribution >= 0.6 is 12.2 Å². The molecule has 172 valence electrons. The Kier molecular flexibility index (Phi) is 6.60. The Morgan fingerprint density at radius 3 is 2.26 bits per heavy atom. The van der Waals surface area contributed by atoms with Crippen molar-refractivity contribution in [2.75, 3.05) is 31.0 Å². The number of thiocarbonyl (C=S) groups is 1. The molecule has 8 heteroatoms. The van der Waals surface area contributed by atoms with Crippen LogP contribution in [0.4, 0.5) is 11.4 Å². The van der Waals surface area contributed by atoms with E-state index in [-0.39, 0.29) is 10.7 Å². The van der Waals surface area contributed by atoms with Gasteiger partial charge in [0.25, 0.3) is 11.8 Å². The minimum Gasteiger partial charge on any atom is -0.496 e. The fourth-order valence-corrected chi connectivity index (χ4v) is 3.71. The van der Waals surface area contributed by atoms with Gasteiger partial charge in [-0.3, -0.25) is 19.8 Å². The van der Waals surface area contributed by atoms with Crippen molar-refractivity contribution in [1.29, 1.82) is 0 Å². The lowest BCUT2D eigenvalue weighted by Crippen LogP contribution is -2.54. The number of carbonyl (C=O) groups excluding carboxylic acids is 2. The molecule has 1 saturated heterocycles. The van der Waals surface area contributed by atoms with E-state index >= 15 is 0 Å². The first-order valence-electron chi connectivity index (χ1n) is 10.5. The monoisotopic (exact) mass is 473 g/mol. The van der Waals surface area contributed by atoms with E-state index in [1.165, 1.54) is 11.0 Å². The minimum absolute atomic E-state index is 0.0128. The number of para-hydroxylation sites is 1. The largest absolute Gasteiger partial charge is 0.496 e. The van der Waals surface area contributed by atoms with Crippen LogP contribution in [0.1, 0.15) is 5.56 Å². The Labute approximate surface area is 203 Å². The first-order chi connectivity index (χ1) is 16.4. The molecule has 1 heterocycles. The van der Waals surface area contributed by atoms with Crippen LogP contribution in [0.5, 0.6) is 17.2 Å². The summed E-state index contributed by atoms with van der Waals surface area (Å²) in [5.41, 5.74) is 2.00. The van der Waals surface area contributed by atoms with E-state index in [1.54, 1.807) is 37.4 Å². The van der Waals surface area contributed by atoms with Gasteiger partial charge in [0.2, 0.25) is 0 Å². The van der Waals surface area contributed by atoms with Gasteiger partial charge in [0.05, 0.1) is 12.8 Å². The van der Waals surface area contributed by atoms with Gasteiger partial charge >= 0.3 is 0 Å². The molecular formula is C26H23N3O4S. The van der Waals surface area contributed by atoms with Gasteiger partial charge in [-0.1, -0.05) is 18.2 Å². The van der Waals surface area contributed by atoms with Crippen LogP contribution < -0.4 is 24.6 Å². The summed E-state index contributed by atoms with van der Waals surface area (Å²) in [6.45, 7) is 0. The smallest absolute Gasteiger partial charge is 0.270 e. The van der Waals surface area contributed by atoms with E-state index in [9.17, 15) is 9.59 Å². The number of methoxy groups -OCH3 is 1. The Hall–Kier alpha value is -4.17. The third-order valence-electron chi connectivity index (χ3n) is 5.21. The quantitative estimate of drug-likeness (QED) is 0.325. The lowest BCUT2D eigenvalue weighted by molar-refractivity contribution is -0.122. The summed E-state index contributed by atoms with van der Waals surface area (Å²) in [5.74, 6) is 0.766. The van der Waals surface area contributed by atoms with Gasteiger partial charge in [0, 0.05) is 31.4 Å². The molecule has 0 bridgehead atoms. The average Bonchev–Trinajstić information content (AvgIpc) is 2.83. The van der Waals surface area contributed by atoms with Crippen molar-refractivity contribution in [1.82, 2.24) is 5.32 Å². The van der Waals surface area contributed by atoms with E-state index in [0.29, 0.717) is 28.5 Å². The first kappa shape index (κ1) is 23.0. The molecule has 0 atom stereocenters. The summed E-state index contributed by atoms with van der Waals surface area (Å²) in [5, 5.41) is 2.61. The Bertz CT molecular complexity index is 1270. The molecule has 1 aliphatic heterocycles. The Balaban J connectivity index is 1.62. The fraction of sp³-hybridized carbons (Fsp3) is 0.115. The van der Waals surface area contributed by atoms with Gasteiger partial charge in [0.1, 0.15) is 22.8 Å². The molecule has 2 amide bonds. The maximum absolute atomic E-state index is 13.3. The zero-order valence-electron chi connectivity index (χ0n) is 18.9. The number of amides is 2. The lowest BCUT2D eigenvalue weighted by atomic mass is 10.1. The molecule has 1 aliphatic rings. The van der Waals surface area contributed by atoms with Gasteiger partial charge in [-0.25, -0.2) is 0 Å². The number of benzene rings is 3. The highest BCUT2D eigenvalue weighted by molar-refractivity contribution is 7.80. The first-order valence-corrected chi connectivity index (χ1v) is 10.9. The zero-order chi connectivity index (χ0) is 24.2. The molecule has 1 fully saturated rings. The van der Waals surface area contributed by atoms with Crippen molar-refractivity contribution < 1.29 is 19.1 Å². The molecule has 34 heavy (non-hydrogen) atoms. The predicted molar refractivity (Wildman–Crippen MR) is 136 cm³/mol. The number of hydrogen-bond acceptors (Lipinski definition) is 6. The maximum atomic E-state index is 13.3. The van der Waals surface area contributed by atoms with E-state index in [0.717, 1.165) is 5.69 Å². The van der Waals surface area contributed by atoms with E-state index in [1.807, 2.05) is 61.5 Å². The minimum atomic E-state index is -0.561. The van der Waals surface area contributed by atoms with E-state index < -0.39 is 11.8 Å². The van der Waals surface area contributed by atoms with E-state index in [4.69, 9.17) is 21.7 Å². The molecule has 0 aromatic heterocycles. The molecule has 3 aromatic carbocycles. The SMILES string of the molecule is COc1cc(N(C)C)ccc1/C=C1\C(=O)NC(=S)N(c2ccc(Oc3ccccc3)cc2)C1=O. The summed E-state index contributed by atoms with van der Waals surface area (Å²) >= 11 is 5.30. The summed E-state index contributed by atoms with van der Waals surface area (Å²) < 4.78 is 11.3. The van der Waals surface area contributed by atoms with Gasteiger partial charge in [0.15, 0.2) is 5.11 Å². The summed E-state index contributed by atoms with van der Waals surface area (Å²) in [6.07, 6.45) is 1.51. The number of ether oxygens (including phenoxy) is 2. The maximum Gasteiger partial charge on any atom is 0.270 e. The molecule has 0 unspecified atom stereocenters. The lowest BCUT2D eigenvalue weighted by Gasteiger charge is -2.29. The van der Waals surface area contributed by atoms with Gasteiger partial charge in [-0.05, 0) is 66.8 Å². The molecule has 3 aromatic rings. The highest BCUT2D eigenvalue weighted by Crippen LogP contribution is 2.30. The normalized spacial score (nSPS) is 14.7. The van der Waals surface area contributed by atoms with Gasteiger partial charge < -0.3 is 14.4 Å². The number of rotatable bonds is 6. The van der Waals surface area contributed by atoms with Crippen LogP contribution in [0.25, 0.3) is 6.08 Å². The second-order valence-electron chi connectivity index (χ2n) is 7.69. The highest BCUT2D eigenvalue weighted by Gasteiger charge is 2.34. The molecule has 4 rings (SSSR count). The fourth-order valence-electron chi connectivity index (χ4n) is 3.43. The Morgan fingerprint density at radius 2 is 1.62 bits per heavy atom. The highest BCUT2D eigenvalue weighted by atomic mass is 32.1. The molecule has 0 spiro atoms. The zero-order valence-corrected chi connectivity index (χ0v) is 19.8. The number of anilines is 2. The van der Waals surface area contributed by atoms with Gasteiger partial charge in [-0.2, -0.15) is 0 Å². The number of carbonyl (C=O) groups is 2. The summed E-state index contributed by atoms with van der Waals surface area (Å²) in [6, 6.07) is 21.8. The van der Waals surface area contributed by atoms with E-state index in [2.05, 4.69) is 5.32 Å². The number of hydrogen-bond donors (Lipinski definition) is 1. The molecule has 0 aliphatic carbocycles. The van der Waals surface area contributed by atoms with Crippen molar-refractivity contribution in [2.24, 2.45) is 0 Å². The van der Waals surface area contributed by atoms with Crippen LogP contribution in [-0.4, -0.2) is 38.1 Å². The summed E-state index contributed by atoms with van der Waals surface area (Å²) in [7, 11) is 5.38. The predicted octanol–water partition coefficient (Wildman–Crippen LogP) is 4.38.